The van der Waals surface area contributed by atoms with Crippen molar-refractivity contribution in [2.45, 2.75) is 46.1 Å². The lowest BCUT2D eigenvalue weighted by atomic mass is 9.74. The standard InChI is InChI=1S/C18H22O5/c1-4-10-23-17(22)16(21)18(6-3)14(19)12-9-7-8-11(5-2)13(12)15(18)20/h7-9,16,21H,4-6,10H2,1-3H3. The number of aliphatic hydroxyl groups excluding tert-OH is 1. The molecule has 1 aromatic carbocycles. The van der Waals surface area contributed by atoms with Crippen LogP contribution in [0.2, 0.25) is 0 Å². The van der Waals surface area contributed by atoms with Crippen LogP contribution >= 0.6 is 0 Å². The van der Waals surface area contributed by atoms with E-state index in [0.717, 1.165) is 5.56 Å². The van der Waals surface area contributed by atoms with Gasteiger partial charge in [-0.25, -0.2) is 4.79 Å². The van der Waals surface area contributed by atoms with Crippen molar-refractivity contribution in [3.8, 4) is 0 Å². The number of rotatable bonds is 6. The number of fused-ring (bicyclic) bond motifs is 1. The summed E-state index contributed by atoms with van der Waals surface area (Å²) in [5.41, 5.74) is -0.383. The molecule has 5 nitrogen and oxygen atoms in total. The Bertz CT molecular complexity index is 649. The summed E-state index contributed by atoms with van der Waals surface area (Å²) >= 11 is 0. The average Bonchev–Trinajstić information content (AvgIpc) is 2.80. The molecule has 0 radical (unpaired) electrons. The van der Waals surface area contributed by atoms with Crippen molar-refractivity contribution in [1.29, 1.82) is 0 Å². The van der Waals surface area contributed by atoms with Crippen molar-refractivity contribution in [2.24, 2.45) is 5.41 Å². The molecule has 0 spiro atoms. The number of aryl methyl sites for hydroxylation is 1. The molecular weight excluding hydrogens is 296 g/mol. The molecule has 2 unspecified atom stereocenters. The molecule has 23 heavy (non-hydrogen) atoms. The number of esters is 1. The number of aliphatic hydroxyl groups is 1. The van der Waals surface area contributed by atoms with Crippen LogP contribution in [0.5, 0.6) is 0 Å². The maximum absolute atomic E-state index is 13.0. The fourth-order valence-corrected chi connectivity index (χ4v) is 3.16. The van der Waals surface area contributed by atoms with Gasteiger partial charge in [-0.2, -0.15) is 0 Å². The molecule has 1 aromatic rings. The predicted molar refractivity (Wildman–Crippen MR) is 84.5 cm³/mol. The monoisotopic (exact) mass is 318 g/mol. The molecule has 0 aromatic heterocycles. The highest BCUT2D eigenvalue weighted by atomic mass is 16.5. The Morgan fingerprint density at radius 2 is 1.91 bits per heavy atom. The van der Waals surface area contributed by atoms with E-state index in [-0.39, 0.29) is 13.0 Å². The van der Waals surface area contributed by atoms with Crippen molar-refractivity contribution in [3.63, 3.8) is 0 Å². The van der Waals surface area contributed by atoms with Gasteiger partial charge >= 0.3 is 5.97 Å². The predicted octanol–water partition coefficient (Wildman–Crippen LogP) is 2.34. The van der Waals surface area contributed by atoms with Gasteiger partial charge in [0.2, 0.25) is 0 Å². The zero-order valence-electron chi connectivity index (χ0n) is 13.7. The Morgan fingerprint density at radius 1 is 1.22 bits per heavy atom. The highest BCUT2D eigenvalue weighted by molar-refractivity contribution is 6.31. The average molecular weight is 318 g/mol. The minimum absolute atomic E-state index is 0.0465. The van der Waals surface area contributed by atoms with Gasteiger partial charge in [0.1, 0.15) is 5.41 Å². The quantitative estimate of drug-likeness (QED) is 0.643. The lowest BCUT2D eigenvalue weighted by Crippen LogP contribution is -2.49. The third-order valence-corrected chi connectivity index (χ3v) is 4.51. The van der Waals surface area contributed by atoms with Crippen molar-refractivity contribution in [3.05, 3.63) is 34.9 Å². The molecule has 0 amide bonds. The van der Waals surface area contributed by atoms with Gasteiger partial charge in [0.05, 0.1) is 6.61 Å². The number of carbonyl (C=O) groups is 3. The minimum atomic E-state index is -1.78. The molecule has 1 aliphatic carbocycles. The van der Waals surface area contributed by atoms with Crippen LogP contribution in [0.3, 0.4) is 0 Å². The Balaban J connectivity index is 2.50. The normalized spacial score (nSPS) is 21.2. The third-order valence-electron chi connectivity index (χ3n) is 4.51. The van der Waals surface area contributed by atoms with E-state index in [1.165, 1.54) is 0 Å². The first kappa shape index (κ1) is 17.3. The van der Waals surface area contributed by atoms with Crippen LogP contribution in [0.25, 0.3) is 0 Å². The Labute approximate surface area is 135 Å². The molecule has 0 aliphatic heterocycles. The second-order valence-electron chi connectivity index (χ2n) is 5.75. The minimum Gasteiger partial charge on any atom is -0.464 e. The van der Waals surface area contributed by atoms with E-state index < -0.39 is 29.1 Å². The number of benzene rings is 1. The smallest absolute Gasteiger partial charge is 0.336 e. The summed E-state index contributed by atoms with van der Waals surface area (Å²) in [6.07, 6.45) is -0.542. The maximum Gasteiger partial charge on any atom is 0.336 e. The highest BCUT2D eigenvalue weighted by Gasteiger charge is 2.59. The number of ether oxygens (including phenoxy) is 1. The van der Waals surface area contributed by atoms with E-state index in [4.69, 9.17) is 4.74 Å². The molecule has 5 heteroatoms. The van der Waals surface area contributed by atoms with Crippen molar-refractivity contribution in [2.75, 3.05) is 6.61 Å². The fourth-order valence-electron chi connectivity index (χ4n) is 3.16. The summed E-state index contributed by atoms with van der Waals surface area (Å²) in [6.45, 7) is 5.49. The van der Waals surface area contributed by atoms with Crippen LogP contribution in [0, 0.1) is 5.41 Å². The zero-order chi connectivity index (χ0) is 17.2. The van der Waals surface area contributed by atoms with E-state index in [1.807, 2.05) is 13.8 Å². The molecular formula is C18H22O5. The molecule has 2 atom stereocenters. The summed E-state index contributed by atoms with van der Waals surface area (Å²) in [7, 11) is 0. The van der Waals surface area contributed by atoms with Crippen LogP contribution in [0.4, 0.5) is 0 Å². The molecule has 124 valence electrons. The molecule has 2 rings (SSSR count). The number of ketones is 2. The van der Waals surface area contributed by atoms with Gasteiger partial charge in [-0.1, -0.05) is 39.0 Å². The number of hydrogen-bond acceptors (Lipinski definition) is 5. The van der Waals surface area contributed by atoms with Crippen molar-refractivity contribution >= 4 is 17.5 Å². The van der Waals surface area contributed by atoms with Gasteiger partial charge < -0.3 is 9.84 Å². The van der Waals surface area contributed by atoms with E-state index in [9.17, 15) is 19.5 Å². The highest BCUT2D eigenvalue weighted by Crippen LogP contribution is 2.43. The van der Waals surface area contributed by atoms with Crippen LogP contribution in [0.1, 0.15) is 59.9 Å². The summed E-state index contributed by atoms with van der Waals surface area (Å²) in [5, 5.41) is 10.5. The molecule has 1 N–H and O–H groups in total. The zero-order valence-corrected chi connectivity index (χ0v) is 13.7. The first-order chi connectivity index (χ1) is 10.9. The van der Waals surface area contributed by atoms with Gasteiger partial charge in [-0.15, -0.1) is 0 Å². The molecule has 0 saturated carbocycles. The summed E-state index contributed by atoms with van der Waals surface area (Å²) in [4.78, 5) is 37.9. The Hall–Kier alpha value is -2.01. The van der Waals surface area contributed by atoms with Crippen LogP contribution < -0.4 is 0 Å². The molecule has 0 bridgehead atoms. The van der Waals surface area contributed by atoms with Gasteiger partial charge in [0.25, 0.3) is 0 Å². The molecule has 1 aliphatic rings. The van der Waals surface area contributed by atoms with Crippen LogP contribution in [0.15, 0.2) is 18.2 Å². The van der Waals surface area contributed by atoms with E-state index >= 15 is 0 Å². The van der Waals surface area contributed by atoms with Gasteiger partial charge in [-0.05, 0) is 24.8 Å². The van der Waals surface area contributed by atoms with Gasteiger partial charge in [-0.3, -0.25) is 9.59 Å². The summed E-state index contributed by atoms with van der Waals surface area (Å²) in [6, 6.07) is 5.09. The van der Waals surface area contributed by atoms with E-state index in [1.54, 1.807) is 25.1 Å². The van der Waals surface area contributed by atoms with E-state index in [0.29, 0.717) is 24.0 Å². The SMILES string of the molecule is CCCOC(=O)C(O)C1(CC)C(=O)c2cccc(CC)c2C1=O. The van der Waals surface area contributed by atoms with E-state index in [2.05, 4.69) is 0 Å². The second kappa shape index (κ2) is 6.62. The second-order valence-corrected chi connectivity index (χ2v) is 5.75. The molecule has 0 saturated heterocycles. The topological polar surface area (TPSA) is 80.7 Å². The summed E-state index contributed by atoms with van der Waals surface area (Å²) in [5.74, 6) is -1.88. The Kier molecular flexibility index (Phi) is 5.00. The molecule has 0 heterocycles. The maximum atomic E-state index is 13.0. The first-order valence-corrected chi connectivity index (χ1v) is 8.01. The third kappa shape index (κ3) is 2.49. The summed E-state index contributed by atoms with van der Waals surface area (Å²) < 4.78 is 4.95. The van der Waals surface area contributed by atoms with Crippen LogP contribution in [-0.2, 0) is 16.0 Å². The largest absolute Gasteiger partial charge is 0.464 e. The number of Topliss-reactive ketones (excluding diaryl/α,β-unsaturated/α-hetero) is 2. The van der Waals surface area contributed by atoms with Gasteiger partial charge in [0.15, 0.2) is 17.7 Å². The first-order valence-electron chi connectivity index (χ1n) is 8.01. The number of hydrogen-bond donors (Lipinski definition) is 1. The Morgan fingerprint density at radius 3 is 2.48 bits per heavy atom. The van der Waals surface area contributed by atoms with Crippen molar-refractivity contribution in [1.82, 2.24) is 0 Å². The lowest BCUT2D eigenvalue weighted by molar-refractivity contribution is -0.158. The van der Waals surface area contributed by atoms with Crippen LogP contribution in [-0.4, -0.2) is 35.4 Å². The molecule has 0 fully saturated rings. The van der Waals surface area contributed by atoms with Crippen molar-refractivity contribution < 1.29 is 24.2 Å². The lowest BCUT2D eigenvalue weighted by Gasteiger charge is -2.28. The van der Waals surface area contributed by atoms with Gasteiger partial charge in [0, 0.05) is 11.1 Å². The fraction of sp³-hybridized carbons (Fsp3) is 0.500. The number of carbonyl (C=O) groups excluding carboxylic acids is 3.